The van der Waals surface area contributed by atoms with E-state index in [1.54, 1.807) is 0 Å². The molecule has 1 aromatic carbocycles. The minimum atomic E-state index is -1.26. The molecule has 2 aromatic rings. The molecule has 7 nitrogen and oxygen atoms in total. The summed E-state index contributed by atoms with van der Waals surface area (Å²) in [6, 6.07) is 5.98. The number of nitrogens with zero attached hydrogens (tertiary/aromatic N) is 2. The van der Waals surface area contributed by atoms with E-state index in [4.69, 9.17) is 5.11 Å². The number of para-hydroxylation sites is 1. The van der Waals surface area contributed by atoms with Gasteiger partial charge in [0.1, 0.15) is 12.1 Å². The Morgan fingerprint density at radius 3 is 2.62 bits per heavy atom. The van der Waals surface area contributed by atoms with E-state index in [0.29, 0.717) is 0 Å². The molecule has 7 heteroatoms. The third-order valence-electron chi connectivity index (χ3n) is 2.94. The molecule has 3 N–H and O–H groups in total. The summed E-state index contributed by atoms with van der Waals surface area (Å²) < 4.78 is 1.53. The van der Waals surface area contributed by atoms with Gasteiger partial charge >= 0.3 is 5.97 Å². The molecule has 1 aromatic heterocycles. The minimum Gasteiger partial charge on any atom is -0.505 e. The summed E-state index contributed by atoms with van der Waals surface area (Å²) in [4.78, 5) is 22.9. The highest BCUT2D eigenvalue weighted by Gasteiger charge is 2.15. The number of carbonyl (C=O) groups is 2. The van der Waals surface area contributed by atoms with E-state index >= 15 is 0 Å². The molecule has 0 unspecified atom stereocenters. The average molecular weight is 289 g/mol. The first-order valence-electron chi connectivity index (χ1n) is 6.24. The second-order valence-electron chi connectivity index (χ2n) is 4.64. The number of benzene rings is 1. The fourth-order valence-electron chi connectivity index (χ4n) is 1.98. The van der Waals surface area contributed by atoms with E-state index in [0.717, 1.165) is 11.4 Å². The van der Waals surface area contributed by atoms with Crippen molar-refractivity contribution in [1.82, 2.24) is 9.78 Å². The van der Waals surface area contributed by atoms with Gasteiger partial charge in [0.25, 0.3) is 0 Å². The highest BCUT2D eigenvalue weighted by atomic mass is 16.4. The van der Waals surface area contributed by atoms with Crippen LogP contribution in [0.2, 0.25) is 0 Å². The molecule has 0 aliphatic heterocycles. The molecular formula is C14H15N3O4. The number of aryl methyl sites for hydroxylation is 2. The maximum atomic E-state index is 11.9. The number of hydrogen-bond donors (Lipinski definition) is 3. The van der Waals surface area contributed by atoms with Gasteiger partial charge in [0, 0.05) is 5.69 Å². The number of carboxylic acids is 1. The summed E-state index contributed by atoms with van der Waals surface area (Å²) in [7, 11) is 0. The normalized spacial score (nSPS) is 10.4. The van der Waals surface area contributed by atoms with Crippen LogP contribution in [-0.2, 0) is 11.3 Å². The van der Waals surface area contributed by atoms with Crippen LogP contribution in [0.3, 0.4) is 0 Å². The van der Waals surface area contributed by atoms with Crippen molar-refractivity contribution >= 4 is 17.6 Å². The molecule has 1 amide bonds. The maximum absolute atomic E-state index is 11.9. The van der Waals surface area contributed by atoms with Crippen LogP contribution in [0.1, 0.15) is 21.7 Å². The summed E-state index contributed by atoms with van der Waals surface area (Å²) in [5, 5.41) is 25.4. The first-order chi connectivity index (χ1) is 9.88. The van der Waals surface area contributed by atoms with Crippen molar-refractivity contribution in [2.24, 2.45) is 0 Å². The van der Waals surface area contributed by atoms with Crippen LogP contribution in [-0.4, -0.2) is 31.9 Å². The summed E-state index contributed by atoms with van der Waals surface area (Å²) in [5.74, 6) is -2.13. The van der Waals surface area contributed by atoms with Gasteiger partial charge in [-0.2, -0.15) is 5.10 Å². The van der Waals surface area contributed by atoms with Gasteiger partial charge in [-0.25, -0.2) is 4.79 Å². The second kappa shape index (κ2) is 5.66. The minimum absolute atomic E-state index is 0.0174. The molecular weight excluding hydrogens is 274 g/mol. The number of aromatic carboxylic acids is 1. The van der Waals surface area contributed by atoms with Crippen molar-refractivity contribution in [3.05, 3.63) is 41.2 Å². The molecule has 0 bridgehead atoms. The standard InChI is InChI=1S/C14H15N3O4/c1-8-6-9(2)17(16-8)7-12(18)15-11-5-3-4-10(13(11)19)14(20)21/h3-6,19H,7H2,1-2H3,(H,15,18)(H,20,21). The van der Waals surface area contributed by atoms with Crippen LogP contribution in [0.5, 0.6) is 5.75 Å². The molecule has 0 aliphatic carbocycles. The number of carbonyl (C=O) groups excluding carboxylic acids is 1. The molecule has 0 fully saturated rings. The fourth-order valence-corrected chi connectivity index (χ4v) is 1.98. The maximum Gasteiger partial charge on any atom is 0.339 e. The molecule has 2 rings (SSSR count). The lowest BCUT2D eigenvalue weighted by atomic mass is 10.1. The molecule has 0 atom stereocenters. The Hall–Kier alpha value is -2.83. The van der Waals surface area contributed by atoms with Crippen LogP contribution in [0.4, 0.5) is 5.69 Å². The Morgan fingerprint density at radius 2 is 2.05 bits per heavy atom. The number of amides is 1. The van der Waals surface area contributed by atoms with E-state index < -0.39 is 17.6 Å². The van der Waals surface area contributed by atoms with Crippen LogP contribution in [0.15, 0.2) is 24.3 Å². The predicted octanol–water partition coefficient (Wildman–Crippen LogP) is 1.54. The summed E-state index contributed by atoms with van der Waals surface area (Å²) in [5.41, 5.74) is 1.43. The van der Waals surface area contributed by atoms with Gasteiger partial charge < -0.3 is 15.5 Å². The largest absolute Gasteiger partial charge is 0.505 e. The predicted molar refractivity (Wildman–Crippen MR) is 75.4 cm³/mol. The molecule has 21 heavy (non-hydrogen) atoms. The Bertz CT molecular complexity index is 706. The number of anilines is 1. The molecule has 1 heterocycles. The van der Waals surface area contributed by atoms with Crippen molar-refractivity contribution in [2.45, 2.75) is 20.4 Å². The number of aromatic nitrogens is 2. The van der Waals surface area contributed by atoms with Gasteiger partial charge in [-0.1, -0.05) is 6.07 Å². The topological polar surface area (TPSA) is 104 Å². The number of rotatable bonds is 4. The summed E-state index contributed by atoms with van der Waals surface area (Å²) in [6.07, 6.45) is 0. The van der Waals surface area contributed by atoms with Gasteiger partial charge in [-0.05, 0) is 32.0 Å². The first-order valence-corrected chi connectivity index (χ1v) is 6.24. The monoisotopic (exact) mass is 289 g/mol. The van der Waals surface area contributed by atoms with Gasteiger partial charge in [-0.3, -0.25) is 9.48 Å². The number of hydrogen-bond acceptors (Lipinski definition) is 4. The Kier molecular flexibility index (Phi) is 3.93. The smallest absolute Gasteiger partial charge is 0.339 e. The Morgan fingerprint density at radius 1 is 1.33 bits per heavy atom. The van der Waals surface area contributed by atoms with E-state index in [9.17, 15) is 14.7 Å². The first kappa shape index (κ1) is 14.6. The summed E-state index contributed by atoms with van der Waals surface area (Å²) >= 11 is 0. The summed E-state index contributed by atoms with van der Waals surface area (Å²) in [6.45, 7) is 3.63. The molecule has 0 aliphatic rings. The van der Waals surface area contributed by atoms with E-state index in [2.05, 4.69) is 10.4 Å². The third kappa shape index (κ3) is 3.19. The Balaban J connectivity index is 2.15. The molecule has 0 spiro atoms. The van der Waals surface area contributed by atoms with Crippen molar-refractivity contribution in [3.8, 4) is 5.75 Å². The van der Waals surface area contributed by atoms with E-state index in [-0.39, 0.29) is 17.8 Å². The van der Waals surface area contributed by atoms with Crippen molar-refractivity contribution < 1.29 is 19.8 Å². The van der Waals surface area contributed by atoms with Gasteiger partial charge in [0.2, 0.25) is 5.91 Å². The van der Waals surface area contributed by atoms with Crippen molar-refractivity contribution in [2.75, 3.05) is 5.32 Å². The zero-order valence-corrected chi connectivity index (χ0v) is 11.6. The highest BCUT2D eigenvalue weighted by molar-refractivity contribution is 5.97. The highest BCUT2D eigenvalue weighted by Crippen LogP contribution is 2.27. The lowest BCUT2D eigenvalue weighted by Crippen LogP contribution is -2.20. The molecule has 0 saturated heterocycles. The second-order valence-corrected chi connectivity index (χ2v) is 4.64. The van der Waals surface area contributed by atoms with Crippen LogP contribution in [0, 0.1) is 13.8 Å². The Labute approximate surface area is 120 Å². The SMILES string of the molecule is Cc1cc(C)n(CC(=O)Nc2cccc(C(=O)O)c2O)n1. The number of phenols is 1. The fraction of sp³-hybridized carbons (Fsp3) is 0.214. The van der Waals surface area contributed by atoms with Gasteiger partial charge in [0.05, 0.1) is 11.4 Å². The number of aromatic hydroxyl groups is 1. The zero-order valence-electron chi connectivity index (χ0n) is 11.6. The lowest BCUT2D eigenvalue weighted by molar-refractivity contribution is -0.117. The third-order valence-corrected chi connectivity index (χ3v) is 2.94. The van der Waals surface area contributed by atoms with Gasteiger partial charge in [-0.15, -0.1) is 0 Å². The molecule has 0 radical (unpaired) electrons. The van der Waals surface area contributed by atoms with Crippen LogP contribution in [0.25, 0.3) is 0 Å². The van der Waals surface area contributed by atoms with Gasteiger partial charge in [0.15, 0.2) is 5.75 Å². The number of nitrogens with one attached hydrogen (secondary N) is 1. The van der Waals surface area contributed by atoms with E-state index in [1.165, 1.54) is 22.9 Å². The zero-order chi connectivity index (χ0) is 15.6. The molecule has 110 valence electrons. The quantitative estimate of drug-likeness (QED) is 0.741. The van der Waals surface area contributed by atoms with Crippen molar-refractivity contribution in [1.29, 1.82) is 0 Å². The van der Waals surface area contributed by atoms with E-state index in [1.807, 2.05) is 19.9 Å². The average Bonchev–Trinajstić information content (AvgIpc) is 2.70. The number of carboxylic acid groups (broad SMARTS) is 1. The van der Waals surface area contributed by atoms with Crippen LogP contribution >= 0.6 is 0 Å². The van der Waals surface area contributed by atoms with Crippen molar-refractivity contribution in [3.63, 3.8) is 0 Å². The lowest BCUT2D eigenvalue weighted by Gasteiger charge is -2.09. The molecule has 0 saturated carbocycles. The van der Waals surface area contributed by atoms with Crippen LogP contribution < -0.4 is 5.32 Å².